The molecule has 1 heterocycles. The van der Waals surface area contributed by atoms with E-state index in [1.807, 2.05) is 19.1 Å². The van der Waals surface area contributed by atoms with Gasteiger partial charge in [0.2, 0.25) is 0 Å². The van der Waals surface area contributed by atoms with Crippen LogP contribution < -0.4 is 10.5 Å². The highest BCUT2D eigenvalue weighted by atomic mass is 16.5. The Morgan fingerprint density at radius 1 is 1.28 bits per heavy atom. The van der Waals surface area contributed by atoms with Crippen molar-refractivity contribution in [2.45, 2.75) is 13.0 Å². The smallest absolute Gasteiger partial charge is 0.168 e. The summed E-state index contributed by atoms with van der Waals surface area (Å²) in [7, 11) is 0. The first kappa shape index (κ1) is 12.2. The number of rotatable bonds is 4. The number of nitrogens with two attached hydrogens (primary N) is 1. The molecule has 4 nitrogen and oxygen atoms in total. The predicted octanol–water partition coefficient (Wildman–Crippen LogP) is 2.54. The molecular weight excluding hydrogens is 228 g/mol. The van der Waals surface area contributed by atoms with Gasteiger partial charge in [0.25, 0.3) is 0 Å². The minimum Gasteiger partial charge on any atom is -0.481 e. The molecule has 2 rings (SSSR count). The number of hydrogen-bond donors (Lipinski definition) is 1. The number of hydrogen-bond acceptors (Lipinski definition) is 4. The number of nitriles is 1. The Kier molecular flexibility index (Phi) is 3.66. The van der Waals surface area contributed by atoms with E-state index in [0.717, 1.165) is 5.76 Å². The number of aryl methyl sites for hydroxylation is 1. The zero-order chi connectivity index (χ0) is 13.0. The molecule has 0 saturated carbocycles. The van der Waals surface area contributed by atoms with Crippen LogP contribution in [0.2, 0.25) is 0 Å². The molecular formula is C14H14N2O2. The number of ether oxygens (including phenoxy) is 1. The molecule has 2 aromatic rings. The van der Waals surface area contributed by atoms with Crippen molar-refractivity contribution in [3.8, 4) is 11.8 Å². The fourth-order valence-corrected chi connectivity index (χ4v) is 1.62. The summed E-state index contributed by atoms with van der Waals surface area (Å²) in [5.74, 6) is 2.20. The van der Waals surface area contributed by atoms with Crippen LogP contribution in [0.25, 0.3) is 0 Å². The Balaban J connectivity index is 2.13. The Hall–Kier alpha value is -2.25. The van der Waals surface area contributed by atoms with E-state index in [0.29, 0.717) is 23.6 Å². The Labute approximate surface area is 106 Å². The van der Waals surface area contributed by atoms with Crippen LogP contribution in [0.5, 0.6) is 5.75 Å². The molecule has 0 aliphatic rings. The quantitative estimate of drug-likeness (QED) is 0.894. The van der Waals surface area contributed by atoms with E-state index in [4.69, 9.17) is 20.1 Å². The van der Waals surface area contributed by atoms with E-state index < -0.39 is 0 Å². The molecule has 0 amide bonds. The van der Waals surface area contributed by atoms with Crippen LogP contribution in [0.3, 0.4) is 0 Å². The number of furan rings is 1. The first-order valence-corrected chi connectivity index (χ1v) is 5.66. The van der Waals surface area contributed by atoms with Crippen LogP contribution in [-0.4, -0.2) is 6.54 Å². The third-order valence-corrected chi connectivity index (χ3v) is 2.55. The van der Waals surface area contributed by atoms with Crippen molar-refractivity contribution in [2.75, 3.05) is 6.54 Å². The summed E-state index contributed by atoms with van der Waals surface area (Å²) in [6.45, 7) is 2.20. The molecule has 1 unspecified atom stereocenters. The average molecular weight is 242 g/mol. The van der Waals surface area contributed by atoms with Gasteiger partial charge in [0.1, 0.15) is 17.3 Å². The zero-order valence-electron chi connectivity index (χ0n) is 10.1. The summed E-state index contributed by atoms with van der Waals surface area (Å²) >= 11 is 0. The van der Waals surface area contributed by atoms with Gasteiger partial charge >= 0.3 is 0 Å². The standard InChI is InChI=1S/C14H14N2O2/c1-10-2-7-13(17-10)14(9-16)18-12-5-3-11(8-15)4-6-12/h2-7,14H,9,16H2,1H3. The monoisotopic (exact) mass is 242 g/mol. The van der Waals surface area contributed by atoms with Gasteiger partial charge in [-0.25, -0.2) is 0 Å². The largest absolute Gasteiger partial charge is 0.481 e. The van der Waals surface area contributed by atoms with Gasteiger partial charge in [-0.1, -0.05) is 0 Å². The third-order valence-electron chi connectivity index (χ3n) is 2.55. The summed E-state index contributed by atoms with van der Waals surface area (Å²) in [5.41, 5.74) is 6.28. The van der Waals surface area contributed by atoms with Crippen LogP contribution in [0, 0.1) is 18.3 Å². The third kappa shape index (κ3) is 2.70. The van der Waals surface area contributed by atoms with Gasteiger partial charge in [-0.3, -0.25) is 0 Å². The van der Waals surface area contributed by atoms with Crippen molar-refractivity contribution in [3.63, 3.8) is 0 Å². The lowest BCUT2D eigenvalue weighted by molar-refractivity contribution is 0.182. The van der Waals surface area contributed by atoms with Crippen molar-refractivity contribution in [1.29, 1.82) is 5.26 Å². The van der Waals surface area contributed by atoms with Crippen LogP contribution in [0.4, 0.5) is 0 Å². The first-order valence-electron chi connectivity index (χ1n) is 5.66. The molecule has 92 valence electrons. The molecule has 0 fully saturated rings. The van der Waals surface area contributed by atoms with Gasteiger partial charge in [-0.05, 0) is 43.3 Å². The van der Waals surface area contributed by atoms with Crippen LogP contribution in [0.15, 0.2) is 40.8 Å². The number of benzene rings is 1. The van der Waals surface area contributed by atoms with Gasteiger partial charge in [0.05, 0.1) is 11.6 Å². The van der Waals surface area contributed by atoms with E-state index in [-0.39, 0.29) is 6.10 Å². The first-order chi connectivity index (χ1) is 8.72. The normalized spacial score (nSPS) is 11.8. The lowest BCUT2D eigenvalue weighted by Crippen LogP contribution is -2.17. The van der Waals surface area contributed by atoms with Gasteiger partial charge < -0.3 is 14.9 Å². The lowest BCUT2D eigenvalue weighted by atomic mass is 10.2. The Morgan fingerprint density at radius 3 is 2.50 bits per heavy atom. The van der Waals surface area contributed by atoms with Crippen LogP contribution >= 0.6 is 0 Å². The molecule has 0 aliphatic heterocycles. The molecule has 0 radical (unpaired) electrons. The minimum atomic E-state index is -0.313. The summed E-state index contributed by atoms with van der Waals surface area (Å²) in [6.07, 6.45) is -0.313. The van der Waals surface area contributed by atoms with E-state index in [9.17, 15) is 0 Å². The maximum atomic E-state index is 8.71. The Morgan fingerprint density at radius 2 is 2.00 bits per heavy atom. The highest BCUT2D eigenvalue weighted by molar-refractivity contribution is 5.34. The van der Waals surface area contributed by atoms with E-state index in [1.54, 1.807) is 24.3 Å². The summed E-state index contributed by atoms with van der Waals surface area (Å²) in [5, 5.41) is 8.71. The van der Waals surface area contributed by atoms with E-state index in [2.05, 4.69) is 6.07 Å². The molecule has 1 atom stereocenters. The topological polar surface area (TPSA) is 72.2 Å². The average Bonchev–Trinajstić information content (AvgIpc) is 2.83. The van der Waals surface area contributed by atoms with Crippen molar-refractivity contribution in [2.24, 2.45) is 5.73 Å². The summed E-state index contributed by atoms with van der Waals surface area (Å²) < 4.78 is 11.2. The fourth-order valence-electron chi connectivity index (χ4n) is 1.62. The maximum Gasteiger partial charge on any atom is 0.168 e. The molecule has 0 saturated heterocycles. The molecule has 0 bridgehead atoms. The highest BCUT2D eigenvalue weighted by Crippen LogP contribution is 2.23. The van der Waals surface area contributed by atoms with Crippen molar-refractivity contribution >= 4 is 0 Å². The molecule has 4 heteroatoms. The summed E-state index contributed by atoms with van der Waals surface area (Å²) in [4.78, 5) is 0. The molecule has 0 spiro atoms. The lowest BCUT2D eigenvalue weighted by Gasteiger charge is -2.15. The van der Waals surface area contributed by atoms with Crippen molar-refractivity contribution in [1.82, 2.24) is 0 Å². The number of nitrogens with zero attached hydrogens (tertiary/aromatic N) is 1. The molecule has 2 N–H and O–H groups in total. The van der Waals surface area contributed by atoms with Gasteiger partial charge in [-0.2, -0.15) is 5.26 Å². The molecule has 1 aromatic heterocycles. The maximum absolute atomic E-state index is 8.71. The zero-order valence-corrected chi connectivity index (χ0v) is 10.1. The second-order valence-corrected chi connectivity index (χ2v) is 3.93. The molecule has 1 aromatic carbocycles. The second kappa shape index (κ2) is 5.39. The fraction of sp³-hybridized carbons (Fsp3) is 0.214. The molecule has 18 heavy (non-hydrogen) atoms. The van der Waals surface area contributed by atoms with Crippen LogP contribution in [0.1, 0.15) is 23.2 Å². The van der Waals surface area contributed by atoms with Crippen molar-refractivity contribution in [3.05, 3.63) is 53.5 Å². The summed E-state index contributed by atoms with van der Waals surface area (Å²) in [6, 6.07) is 12.7. The second-order valence-electron chi connectivity index (χ2n) is 3.93. The Bertz CT molecular complexity index is 552. The van der Waals surface area contributed by atoms with Gasteiger partial charge in [0.15, 0.2) is 6.10 Å². The highest BCUT2D eigenvalue weighted by Gasteiger charge is 2.15. The van der Waals surface area contributed by atoms with Crippen molar-refractivity contribution < 1.29 is 9.15 Å². The van der Waals surface area contributed by atoms with Gasteiger partial charge in [-0.15, -0.1) is 0 Å². The predicted molar refractivity (Wildman–Crippen MR) is 67.0 cm³/mol. The SMILES string of the molecule is Cc1ccc(C(CN)Oc2ccc(C#N)cc2)o1. The van der Waals surface area contributed by atoms with E-state index in [1.165, 1.54) is 0 Å². The van der Waals surface area contributed by atoms with Crippen LogP contribution in [-0.2, 0) is 0 Å². The molecule has 0 aliphatic carbocycles. The minimum absolute atomic E-state index is 0.313. The van der Waals surface area contributed by atoms with Gasteiger partial charge in [0, 0.05) is 6.54 Å². The van der Waals surface area contributed by atoms with E-state index >= 15 is 0 Å².